The third-order valence-corrected chi connectivity index (χ3v) is 2.40. The molecule has 2 heterocycles. The molecule has 0 spiro atoms. The van der Waals surface area contributed by atoms with Crippen molar-refractivity contribution in [3.05, 3.63) is 54.5 Å². The van der Waals surface area contributed by atoms with E-state index in [0.717, 1.165) is 16.8 Å². The fraction of sp³-hybridized carbons (Fsp3) is 0.0769. The Morgan fingerprint density at radius 3 is 3.00 bits per heavy atom. The van der Waals surface area contributed by atoms with Crippen LogP contribution in [0.4, 0.5) is 0 Å². The van der Waals surface area contributed by atoms with Gasteiger partial charge in [-0.1, -0.05) is 18.7 Å². The molecule has 78 valence electrons. The molecule has 0 aliphatic carbocycles. The predicted molar refractivity (Wildman–Crippen MR) is 64.0 cm³/mol. The van der Waals surface area contributed by atoms with Crippen molar-refractivity contribution in [3.63, 3.8) is 0 Å². The largest absolute Gasteiger partial charge is 0.372 e. The van der Waals surface area contributed by atoms with Crippen LogP contribution in [0.2, 0.25) is 0 Å². The van der Waals surface area contributed by atoms with Crippen LogP contribution in [-0.2, 0) is 0 Å². The summed E-state index contributed by atoms with van der Waals surface area (Å²) in [4.78, 5) is 4.22. The second-order valence-corrected chi connectivity index (χ2v) is 3.39. The Hall–Kier alpha value is -2.34. The number of hydrogen-bond acceptors (Lipinski definition) is 3. The monoisotopic (exact) mass is 209 g/mol. The van der Waals surface area contributed by atoms with Crippen molar-refractivity contribution in [2.75, 3.05) is 0 Å². The molecule has 1 unspecified atom stereocenters. The molecule has 1 atom stereocenters. The summed E-state index contributed by atoms with van der Waals surface area (Å²) in [7, 11) is 0. The van der Waals surface area contributed by atoms with Gasteiger partial charge in [0.1, 0.15) is 6.04 Å². The molecule has 0 fully saturated rings. The first-order valence-electron chi connectivity index (χ1n) is 4.96. The predicted octanol–water partition coefficient (Wildman–Crippen LogP) is 2.12. The Labute approximate surface area is 94.4 Å². The summed E-state index contributed by atoms with van der Waals surface area (Å²) in [6.07, 6.45) is 9.02. The first-order valence-corrected chi connectivity index (χ1v) is 4.96. The number of pyridine rings is 1. The quantitative estimate of drug-likeness (QED) is 0.811. The summed E-state index contributed by atoms with van der Waals surface area (Å²) in [5, 5.41) is 12.0. The van der Waals surface area contributed by atoms with Crippen molar-refractivity contribution in [1.82, 2.24) is 10.3 Å². The Bertz CT molecular complexity index is 489. The average Bonchev–Trinajstić information content (AvgIpc) is 2.39. The zero-order valence-electron chi connectivity index (χ0n) is 8.72. The fourth-order valence-electron chi connectivity index (χ4n) is 1.56. The lowest BCUT2D eigenvalue weighted by atomic mass is 9.98. The summed E-state index contributed by atoms with van der Waals surface area (Å²) in [5.74, 6) is 0. The molecule has 1 aliphatic heterocycles. The number of rotatable bonds is 2. The van der Waals surface area contributed by atoms with Gasteiger partial charge >= 0.3 is 0 Å². The average molecular weight is 209 g/mol. The second-order valence-electron chi connectivity index (χ2n) is 3.39. The van der Waals surface area contributed by atoms with Gasteiger partial charge in [0, 0.05) is 6.20 Å². The van der Waals surface area contributed by atoms with Gasteiger partial charge in [0.25, 0.3) is 0 Å². The van der Waals surface area contributed by atoms with Crippen molar-refractivity contribution in [1.29, 1.82) is 5.26 Å². The summed E-state index contributed by atoms with van der Waals surface area (Å²) in [5.41, 5.74) is 2.72. The molecule has 2 rings (SSSR count). The first kappa shape index (κ1) is 10.2. The maximum atomic E-state index is 9.00. The maximum absolute atomic E-state index is 9.00. The zero-order valence-corrected chi connectivity index (χ0v) is 8.72. The Kier molecular flexibility index (Phi) is 2.84. The van der Waals surface area contributed by atoms with Crippen LogP contribution in [0.1, 0.15) is 11.3 Å². The molecule has 0 amide bonds. The Morgan fingerprint density at radius 2 is 2.38 bits per heavy atom. The van der Waals surface area contributed by atoms with E-state index in [4.69, 9.17) is 5.26 Å². The summed E-state index contributed by atoms with van der Waals surface area (Å²) >= 11 is 0. The van der Waals surface area contributed by atoms with E-state index in [1.807, 2.05) is 24.3 Å². The highest BCUT2D eigenvalue weighted by Crippen LogP contribution is 2.20. The van der Waals surface area contributed by atoms with Gasteiger partial charge in [-0.2, -0.15) is 5.26 Å². The minimum Gasteiger partial charge on any atom is -0.372 e. The van der Waals surface area contributed by atoms with Crippen molar-refractivity contribution in [3.8, 4) is 6.07 Å². The highest BCUT2D eigenvalue weighted by Gasteiger charge is 2.15. The lowest BCUT2D eigenvalue weighted by molar-refractivity contribution is 0.856. The van der Waals surface area contributed by atoms with Crippen LogP contribution in [0.15, 0.2) is 43.3 Å². The van der Waals surface area contributed by atoms with Crippen LogP contribution in [0.3, 0.4) is 0 Å². The van der Waals surface area contributed by atoms with Crippen LogP contribution in [0, 0.1) is 11.3 Å². The van der Waals surface area contributed by atoms with Gasteiger partial charge in [0.15, 0.2) is 0 Å². The smallest absolute Gasteiger partial charge is 0.140 e. The minimum absolute atomic E-state index is 0.304. The topological polar surface area (TPSA) is 48.7 Å². The number of nitrogens with one attached hydrogen (secondary N) is 1. The molecule has 1 N–H and O–H groups in total. The van der Waals surface area contributed by atoms with E-state index in [-0.39, 0.29) is 6.04 Å². The minimum atomic E-state index is -0.304. The summed E-state index contributed by atoms with van der Waals surface area (Å²) < 4.78 is 0. The van der Waals surface area contributed by atoms with E-state index in [0.29, 0.717) is 0 Å². The SMILES string of the molecule is C=Cc1ccc(C2=CC=CNC2C#N)cn1. The molecular weight excluding hydrogens is 198 g/mol. The van der Waals surface area contributed by atoms with Gasteiger partial charge in [-0.25, -0.2) is 0 Å². The molecule has 1 aromatic rings. The van der Waals surface area contributed by atoms with Crippen LogP contribution in [0.25, 0.3) is 11.6 Å². The molecule has 0 saturated carbocycles. The van der Waals surface area contributed by atoms with E-state index in [1.54, 1.807) is 18.5 Å². The van der Waals surface area contributed by atoms with Gasteiger partial charge in [0.05, 0.1) is 11.8 Å². The molecule has 16 heavy (non-hydrogen) atoms. The van der Waals surface area contributed by atoms with Crippen molar-refractivity contribution in [2.45, 2.75) is 6.04 Å². The highest BCUT2D eigenvalue weighted by atomic mass is 14.9. The molecular formula is C13H11N3. The Morgan fingerprint density at radius 1 is 1.50 bits per heavy atom. The van der Waals surface area contributed by atoms with Gasteiger partial charge < -0.3 is 5.32 Å². The molecule has 0 aromatic carbocycles. The van der Waals surface area contributed by atoms with Crippen LogP contribution in [-0.4, -0.2) is 11.0 Å². The number of hydrogen-bond donors (Lipinski definition) is 1. The first-order chi connectivity index (χ1) is 7.85. The van der Waals surface area contributed by atoms with Crippen molar-refractivity contribution >= 4 is 11.6 Å². The molecule has 0 radical (unpaired) electrons. The molecule has 1 aliphatic rings. The van der Waals surface area contributed by atoms with Gasteiger partial charge in [-0.15, -0.1) is 0 Å². The number of aromatic nitrogens is 1. The molecule has 0 bridgehead atoms. The number of allylic oxidation sites excluding steroid dienone is 2. The van der Waals surface area contributed by atoms with Crippen molar-refractivity contribution < 1.29 is 0 Å². The Balaban J connectivity index is 2.35. The van der Waals surface area contributed by atoms with Gasteiger partial charge in [0.2, 0.25) is 0 Å². The highest BCUT2D eigenvalue weighted by molar-refractivity contribution is 5.74. The van der Waals surface area contributed by atoms with Gasteiger partial charge in [-0.05, 0) is 35.6 Å². The molecule has 1 aromatic heterocycles. The molecule has 0 saturated heterocycles. The van der Waals surface area contributed by atoms with Crippen LogP contribution >= 0.6 is 0 Å². The van der Waals surface area contributed by atoms with E-state index in [1.165, 1.54) is 0 Å². The number of nitrogens with zero attached hydrogens (tertiary/aromatic N) is 2. The lowest BCUT2D eigenvalue weighted by Gasteiger charge is -2.16. The normalized spacial score (nSPS) is 18.2. The number of nitriles is 1. The van der Waals surface area contributed by atoms with E-state index in [2.05, 4.69) is 22.9 Å². The van der Waals surface area contributed by atoms with Crippen molar-refractivity contribution in [2.24, 2.45) is 0 Å². The summed E-state index contributed by atoms with van der Waals surface area (Å²) in [6.45, 7) is 3.65. The van der Waals surface area contributed by atoms with Crippen LogP contribution in [0.5, 0.6) is 0 Å². The fourth-order valence-corrected chi connectivity index (χ4v) is 1.56. The number of dihydropyridines is 1. The van der Waals surface area contributed by atoms with Gasteiger partial charge in [-0.3, -0.25) is 4.98 Å². The van der Waals surface area contributed by atoms with E-state index in [9.17, 15) is 0 Å². The third-order valence-electron chi connectivity index (χ3n) is 2.40. The maximum Gasteiger partial charge on any atom is 0.140 e. The molecule has 3 nitrogen and oxygen atoms in total. The second kappa shape index (κ2) is 4.45. The lowest BCUT2D eigenvalue weighted by Crippen LogP contribution is -2.25. The van der Waals surface area contributed by atoms with E-state index >= 15 is 0 Å². The third kappa shape index (κ3) is 1.86. The van der Waals surface area contributed by atoms with Crippen LogP contribution < -0.4 is 5.32 Å². The zero-order chi connectivity index (χ0) is 11.4. The molecule has 3 heteroatoms. The summed E-state index contributed by atoms with van der Waals surface area (Å²) in [6, 6.07) is 5.73. The standard InChI is InChI=1S/C13H11N3/c1-2-11-6-5-10(9-16-11)12-4-3-7-15-13(12)8-14/h2-7,9,13,15H,1H2. The van der Waals surface area contributed by atoms with E-state index < -0.39 is 0 Å².